The molecular weight excluding hydrogens is 208 g/mol. The summed E-state index contributed by atoms with van der Waals surface area (Å²) < 4.78 is 0. The molecule has 0 heterocycles. The molecule has 78 valence electrons. The molecule has 5 nitrogen and oxygen atoms in total. The maximum absolute atomic E-state index is 10.7. The molecule has 0 rings (SSSR count). The lowest BCUT2D eigenvalue weighted by molar-refractivity contribution is 0.137. The minimum atomic E-state index is -1.13. The Kier molecular flexibility index (Phi) is 5.49. The summed E-state index contributed by atoms with van der Waals surface area (Å²) in [5, 5.41) is 19.7. The number of oxime groups is 1. The van der Waals surface area contributed by atoms with Crippen LogP contribution in [0, 0.1) is 12.3 Å². The molecule has 0 saturated heterocycles. The van der Waals surface area contributed by atoms with Crippen molar-refractivity contribution in [3.05, 3.63) is 0 Å². The van der Waals surface area contributed by atoms with Crippen LogP contribution in [-0.2, 0) is 0 Å². The van der Waals surface area contributed by atoms with Crippen LogP contribution < -0.4 is 0 Å². The maximum Gasteiger partial charge on any atom is 0.408 e. The van der Waals surface area contributed by atoms with Crippen molar-refractivity contribution in [2.24, 2.45) is 5.16 Å². The van der Waals surface area contributed by atoms with Crippen molar-refractivity contribution in [1.29, 1.82) is 0 Å². The van der Waals surface area contributed by atoms with Gasteiger partial charge in [-0.1, -0.05) is 22.7 Å². The van der Waals surface area contributed by atoms with Crippen molar-refractivity contribution in [1.82, 2.24) is 4.90 Å². The number of terminal acetylenes is 1. The number of hydrogen-bond acceptors (Lipinski definition) is 3. The van der Waals surface area contributed by atoms with Crippen LogP contribution in [-0.4, -0.2) is 39.1 Å². The van der Waals surface area contributed by atoms with Gasteiger partial charge in [-0.2, -0.15) is 0 Å². The van der Waals surface area contributed by atoms with Crippen LogP contribution >= 0.6 is 11.6 Å². The van der Waals surface area contributed by atoms with E-state index in [-0.39, 0.29) is 18.1 Å². The molecule has 0 saturated carbocycles. The van der Waals surface area contributed by atoms with Crippen LogP contribution in [0.5, 0.6) is 0 Å². The Morgan fingerprint density at radius 3 is 2.71 bits per heavy atom. The topological polar surface area (TPSA) is 73.1 Å². The maximum atomic E-state index is 10.7. The van der Waals surface area contributed by atoms with Gasteiger partial charge in [-0.05, 0) is 6.92 Å². The standard InChI is InChI=1S/C8H11ClN2O3/c1-3-4-11(8(12)13)6(2)5-7(9)10-14/h1,6,14H,4-5H2,2H3,(H,12,13). The Balaban J connectivity index is 4.38. The lowest BCUT2D eigenvalue weighted by atomic mass is 10.2. The SMILES string of the molecule is C#CCN(C(=O)O)C(C)CC(Cl)=NO. The van der Waals surface area contributed by atoms with Crippen molar-refractivity contribution < 1.29 is 15.1 Å². The van der Waals surface area contributed by atoms with Crippen LogP contribution in [0.2, 0.25) is 0 Å². The van der Waals surface area contributed by atoms with Crippen LogP contribution in [0.3, 0.4) is 0 Å². The average Bonchev–Trinajstić information content (AvgIpc) is 2.13. The Morgan fingerprint density at radius 2 is 2.36 bits per heavy atom. The molecule has 2 N–H and O–H groups in total. The molecule has 0 aliphatic carbocycles. The van der Waals surface area contributed by atoms with Gasteiger partial charge in [0.15, 0.2) is 0 Å². The zero-order valence-corrected chi connectivity index (χ0v) is 8.40. The lowest BCUT2D eigenvalue weighted by Crippen LogP contribution is -2.38. The average molecular weight is 219 g/mol. The van der Waals surface area contributed by atoms with Crippen molar-refractivity contribution in [2.45, 2.75) is 19.4 Å². The Labute approximate surface area is 87.0 Å². The first-order chi connectivity index (χ1) is 6.52. The fourth-order valence-electron chi connectivity index (χ4n) is 0.905. The number of halogens is 1. The monoisotopic (exact) mass is 218 g/mol. The number of nitrogens with zero attached hydrogens (tertiary/aromatic N) is 2. The van der Waals surface area contributed by atoms with E-state index in [1.807, 2.05) is 0 Å². The van der Waals surface area contributed by atoms with Gasteiger partial charge in [0.1, 0.15) is 5.17 Å². The van der Waals surface area contributed by atoms with E-state index in [4.69, 9.17) is 28.3 Å². The van der Waals surface area contributed by atoms with E-state index in [1.54, 1.807) is 6.92 Å². The van der Waals surface area contributed by atoms with Crippen molar-refractivity contribution in [3.8, 4) is 12.3 Å². The summed E-state index contributed by atoms with van der Waals surface area (Å²) in [6, 6.07) is -0.424. The molecule has 0 bridgehead atoms. The predicted molar refractivity (Wildman–Crippen MR) is 52.7 cm³/mol. The van der Waals surface area contributed by atoms with Crippen LogP contribution in [0.25, 0.3) is 0 Å². The second-order valence-corrected chi connectivity index (χ2v) is 3.08. The van der Waals surface area contributed by atoms with Crippen molar-refractivity contribution in [2.75, 3.05) is 6.54 Å². The molecule has 0 spiro atoms. The van der Waals surface area contributed by atoms with Gasteiger partial charge in [0, 0.05) is 12.5 Å². The van der Waals surface area contributed by atoms with E-state index in [0.29, 0.717) is 0 Å². The molecule has 0 aliphatic heterocycles. The third-order valence-corrected chi connectivity index (χ3v) is 1.84. The summed E-state index contributed by atoms with van der Waals surface area (Å²) >= 11 is 5.44. The summed E-state index contributed by atoms with van der Waals surface area (Å²) in [5.74, 6) is 2.22. The highest BCUT2D eigenvalue weighted by atomic mass is 35.5. The second kappa shape index (κ2) is 6.11. The van der Waals surface area contributed by atoms with Crippen LogP contribution in [0.1, 0.15) is 13.3 Å². The Hall–Kier alpha value is -1.41. The highest BCUT2D eigenvalue weighted by Crippen LogP contribution is 2.07. The molecule has 1 amide bonds. The molecular formula is C8H11ClN2O3. The van der Waals surface area contributed by atoms with Gasteiger partial charge in [-0.15, -0.1) is 6.42 Å². The van der Waals surface area contributed by atoms with E-state index in [9.17, 15) is 4.79 Å². The summed E-state index contributed by atoms with van der Waals surface area (Å²) in [6.07, 6.45) is 4.00. The molecule has 0 fully saturated rings. The molecule has 1 unspecified atom stereocenters. The van der Waals surface area contributed by atoms with Gasteiger partial charge in [0.25, 0.3) is 0 Å². The molecule has 6 heteroatoms. The van der Waals surface area contributed by atoms with Crippen LogP contribution in [0.15, 0.2) is 5.16 Å². The fraction of sp³-hybridized carbons (Fsp3) is 0.500. The molecule has 0 aromatic heterocycles. The summed E-state index contributed by atoms with van der Waals surface area (Å²) in [4.78, 5) is 11.7. The van der Waals surface area contributed by atoms with Gasteiger partial charge in [0.2, 0.25) is 0 Å². The first kappa shape index (κ1) is 12.6. The summed E-state index contributed by atoms with van der Waals surface area (Å²) in [7, 11) is 0. The van der Waals surface area contributed by atoms with Crippen molar-refractivity contribution in [3.63, 3.8) is 0 Å². The minimum Gasteiger partial charge on any atom is -0.465 e. The van der Waals surface area contributed by atoms with Gasteiger partial charge in [0.05, 0.1) is 6.54 Å². The first-order valence-corrected chi connectivity index (χ1v) is 4.20. The highest BCUT2D eigenvalue weighted by molar-refractivity contribution is 6.65. The Bertz CT molecular complexity index is 272. The molecule has 0 aliphatic rings. The van der Waals surface area contributed by atoms with E-state index in [2.05, 4.69) is 11.1 Å². The second-order valence-electron chi connectivity index (χ2n) is 2.64. The minimum absolute atomic E-state index is 0.0217. The summed E-state index contributed by atoms with van der Waals surface area (Å²) in [6.45, 7) is 1.60. The van der Waals surface area contributed by atoms with Crippen molar-refractivity contribution >= 4 is 22.9 Å². The van der Waals surface area contributed by atoms with E-state index < -0.39 is 12.1 Å². The number of rotatable bonds is 4. The molecule has 0 aromatic rings. The number of hydrogen-bond donors (Lipinski definition) is 2. The molecule has 1 atom stereocenters. The Morgan fingerprint density at radius 1 is 1.79 bits per heavy atom. The van der Waals surface area contributed by atoms with Gasteiger partial charge in [-0.3, -0.25) is 4.90 Å². The number of carbonyl (C=O) groups is 1. The third kappa shape index (κ3) is 4.01. The quantitative estimate of drug-likeness (QED) is 0.324. The highest BCUT2D eigenvalue weighted by Gasteiger charge is 2.19. The van der Waals surface area contributed by atoms with Crippen LogP contribution in [0.4, 0.5) is 4.79 Å². The predicted octanol–water partition coefficient (Wildman–Crippen LogP) is 1.40. The largest absolute Gasteiger partial charge is 0.465 e. The zero-order chi connectivity index (χ0) is 11.1. The fourth-order valence-corrected chi connectivity index (χ4v) is 1.13. The summed E-state index contributed by atoms with van der Waals surface area (Å²) in [5.41, 5.74) is 0. The zero-order valence-electron chi connectivity index (χ0n) is 7.64. The normalized spacial score (nSPS) is 13.1. The van der Waals surface area contributed by atoms with Gasteiger partial charge >= 0.3 is 6.09 Å². The molecule has 14 heavy (non-hydrogen) atoms. The van der Waals surface area contributed by atoms with Gasteiger partial charge < -0.3 is 10.3 Å². The van der Waals surface area contributed by atoms with E-state index in [1.165, 1.54) is 0 Å². The lowest BCUT2D eigenvalue weighted by Gasteiger charge is -2.23. The molecule has 0 radical (unpaired) electrons. The van der Waals surface area contributed by atoms with E-state index >= 15 is 0 Å². The third-order valence-electron chi connectivity index (χ3n) is 1.61. The number of amides is 1. The smallest absolute Gasteiger partial charge is 0.408 e. The van der Waals surface area contributed by atoms with Gasteiger partial charge in [-0.25, -0.2) is 4.79 Å². The molecule has 0 aromatic carbocycles. The number of carboxylic acid groups (broad SMARTS) is 1. The first-order valence-electron chi connectivity index (χ1n) is 3.82. The van der Waals surface area contributed by atoms with E-state index in [0.717, 1.165) is 4.90 Å².